The van der Waals surface area contributed by atoms with Gasteiger partial charge in [0.2, 0.25) is 0 Å². The molecule has 2 heteroatoms. The molecule has 2 N–H and O–H groups in total. The van der Waals surface area contributed by atoms with Crippen molar-refractivity contribution >= 4 is 11.4 Å². The van der Waals surface area contributed by atoms with Crippen LogP contribution in [0.1, 0.15) is 24.1 Å². The maximum atomic E-state index is 6.04. The number of hydrogen-bond acceptors (Lipinski definition) is 2. The average molecular weight is 302 g/mol. The molecule has 0 aliphatic carbocycles. The summed E-state index contributed by atoms with van der Waals surface area (Å²) in [6.07, 6.45) is 0. The summed E-state index contributed by atoms with van der Waals surface area (Å²) in [5.74, 6) is 0. The molecule has 2 nitrogen and oxygen atoms in total. The second-order valence-electron chi connectivity index (χ2n) is 5.60. The lowest BCUT2D eigenvalue weighted by Crippen LogP contribution is -2.29. The van der Waals surface area contributed by atoms with Gasteiger partial charge in [0.1, 0.15) is 0 Å². The molecule has 0 aliphatic rings. The monoisotopic (exact) mass is 302 g/mol. The van der Waals surface area contributed by atoms with E-state index in [0.29, 0.717) is 0 Å². The number of nitrogen functional groups attached to an aromatic ring is 1. The van der Waals surface area contributed by atoms with Crippen LogP contribution in [0.3, 0.4) is 0 Å². The van der Waals surface area contributed by atoms with E-state index < -0.39 is 0 Å². The van der Waals surface area contributed by atoms with Crippen LogP contribution in [0.5, 0.6) is 0 Å². The zero-order valence-electron chi connectivity index (χ0n) is 13.4. The fourth-order valence-electron chi connectivity index (χ4n) is 3.05. The molecule has 0 saturated carbocycles. The lowest BCUT2D eigenvalue weighted by Gasteiger charge is -2.34. The van der Waals surface area contributed by atoms with Crippen LogP contribution >= 0.6 is 0 Å². The maximum absolute atomic E-state index is 6.04. The zero-order chi connectivity index (χ0) is 16.1. The number of nitrogens with zero attached hydrogens (tertiary/aromatic N) is 1. The topological polar surface area (TPSA) is 29.3 Å². The first kappa shape index (κ1) is 15.2. The molecule has 0 amide bonds. The Hall–Kier alpha value is -2.74. The van der Waals surface area contributed by atoms with Crippen LogP contribution in [0.15, 0.2) is 84.9 Å². The average Bonchev–Trinajstić information content (AvgIpc) is 2.61. The third-order valence-corrected chi connectivity index (χ3v) is 4.08. The van der Waals surface area contributed by atoms with Crippen LogP contribution in [-0.2, 0) is 0 Å². The Morgan fingerprint density at radius 3 is 2.00 bits per heavy atom. The van der Waals surface area contributed by atoms with Crippen LogP contribution < -0.4 is 10.6 Å². The third-order valence-electron chi connectivity index (χ3n) is 4.08. The van der Waals surface area contributed by atoms with E-state index in [4.69, 9.17) is 5.73 Å². The van der Waals surface area contributed by atoms with Gasteiger partial charge in [-0.25, -0.2) is 0 Å². The normalized spacial score (nSPS) is 11.9. The molecule has 0 fully saturated rings. The summed E-state index contributed by atoms with van der Waals surface area (Å²) in [4.78, 5) is 2.41. The number of hydrogen-bond donors (Lipinski definition) is 1. The van der Waals surface area contributed by atoms with E-state index in [1.54, 1.807) is 0 Å². The van der Waals surface area contributed by atoms with Crippen molar-refractivity contribution in [3.05, 3.63) is 96.1 Å². The van der Waals surface area contributed by atoms with Crippen molar-refractivity contribution in [2.75, 3.05) is 17.2 Å². The van der Waals surface area contributed by atoms with Gasteiger partial charge in [-0.2, -0.15) is 0 Å². The van der Waals surface area contributed by atoms with E-state index in [0.717, 1.165) is 12.2 Å². The fourth-order valence-corrected chi connectivity index (χ4v) is 3.05. The molecule has 3 aromatic carbocycles. The van der Waals surface area contributed by atoms with Crippen LogP contribution in [0, 0.1) is 0 Å². The van der Waals surface area contributed by atoms with Gasteiger partial charge in [-0.3, -0.25) is 0 Å². The molecular formula is C21H22N2. The summed E-state index contributed by atoms with van der Waals surface area (Å²) in [5, 5.41) is 0. The van der Waals surface area contributed by atoms with Gasteiger partial charge in [0.15, 0.2) is 0 Å². The zero-order valence-corrected chi connectivity index (χ0v) is 13.4. The Morgan fingerprint density at radius 2 is 1.39 bits per heavy atom. The number of rotatable bonds is 5. The predicted octanol–water partition coefficient (Wildman–Crippen LogP) is 4.88. The Kier molecular flexibility index (Phi) is 4.62. The van der Waals surface area contributed by atoms with Crippen molar-refractivity contribution in [1.82, 2.24) is 0 Å². The summed E-state index contributed by atoms with van der Waals surface area (Å²) >= 11 is 0. The molecule has 0 saturated heterocycles. The van der Waals surface area contributed by atoms with Crippen molar-refractivity contribution < 1.29 is 0 Å². The highest BCUT2D eigenvalue weighted by atomic mass is 15.2. The van der Waals surface area contributed by atoms with E-state index in [1.165, 1.54) is 16.8 Å². The van der Waals surface area contributed by atoms with E-state index in [1.807, 2.05) is 12.1 Å². The molecule has 0 spiro atoms. The Labute approximate surface area is 138 Å². The minimum Gasteiger partial charge on any atom is -0.399 e. The molecule has 23 heavy (non-hydrogen) atoms. The standard InChI is InChI=1S/C21H22N2/c1-2-23(20-14-7-4-8-15-20)21(17-10-5-3-6-11-17)18-12-9-13-19(22)16-18/h3-16,21H,2,22H2,1H3/t21-/m1/s1. The SMILES string of the molecule is CCN(c1ccccc1)[C@H](c1ccccc1)c1cccc(N)c1. The second-order valence-corrected chi connectivity index (χ2v) is 5.60. The highest BCUT2D eigenvalue weighted by Gasteiger charge is 2.21. The molecule has 116 valence electrons. The first-order valence-electron chi connectivity index (χ1n) is 8.01. The molecule has 0 aliphatic heterocycles. The van der Waals surface area contributed by atoms with E-state index in [-0.39, 0.29) is 6.04 Å². The molecule has 0 radical (unpaired) electrons. The van der Waals surface area contributed by atoms with Crippen molar-refractivity contribution in [3.63, 3.8) is 0 Å². The Bertz CT molecular complexity index is 738. The minimum atomic E-state index is 0.145. The summed E-state index contributed by atoms with van der Waals surface area (Å²) in [6.45, 7) is 3.10. The van der Waals surface area contributed by atoms with Crippen LogP contribution in [0.4, 0.5) is 11.4 Å². The van der Waals surface area contributed by atoms with Gasteiger partial charge in [0, 0.05) is 17.9 Å². The van der Waals surface area contributed by atoms with Gasteiger partial charge >= 0.3 is 0 Å². The summed E-state index contributed by atoms with van der Waals surface area (Å²) in [5.41, 5.74) is 10.5. The van der Waals surface area contributed by atoms with Crippen LogP contribution in [-0.4, -0.2) is 6.54 Å². The quantitative estimate of drug-likeness (QED) is 0.680. The summed E-state index contributed by atoms with van der Waals surface area (Å²) < 4.78 is 0. The van der Waals surface area contributed by atoms with Crippen molar-refractivity contribution in [2.45, 2.75) is 13.0 Å². The van der Waals surface area contributed by atoms with Gasteiger partial charge in [-0.05, 0) is 42.3 Å². The lowest BCUT2D eigenvalue weighted by molar-refractivity contribution is 0.726. The molecule has 1 atom stereocenters. The van der Waals surface area contributed by atoms with Gasteiger partial charge in [-0.1, -0.05) is 60.7 Å². The smallest absolute Gasteiger partial charge is 0.0796 e. The van der Waals surface area contributed by atoms with Crippen molar-refractivity contribution in [2.24, 2.45) is 0 Å². The van der Waals surface area contributed by atoms with Crippen LogP contribution in [0.2, 0.25) is 0 Å². The highest BCUT2D eigenvalue weighted by molar-refractivity contribution is 5.54. The molecule has 3 rings (SSSR count). The number of benzene rings is 3. The third kappa shape index (κ3) is 3.37. The van der Waals surface area contributed by atoms with Crippen molar-refractivity contribution in [1.29, 1.82) is 0 Å². The predicted molar refractivity (Wildman–Crippen MR) is 98.6 cm³/mol. The lowest BCUT2D eigenvalue weighted by atomic mass is 9.96. The first-order valence-corrected chi connectivity index (χ1v) is 8.01. The Morgan fingerprint density at radius 1 is 0.783 bits per heavy atom. The van der Waals surface area contributed by atoms with Gasteiger partial charge < -0.3 is 10.6 Å². The molecular weight excluding hydrogens is 280 g/mol. The van der Waals surface area contributed by atoms with E-state index in [9.17, 15) is 0 Å². The second kappa shape index (κ2) is 7.01. The minimum absolute atomic E-state index is 0.145. The van der Waals surface area contributed by atoms with Gasteiger partial charge in [0.05, 0.1) is 6.04 Å². The molecule has 0 aromatic heterocycles. The largest absolute Gasteiger partial charge is 0.399 e. The number of anilines is 2. The molecule has 0 unspecified atom stereocenters. The summed E-state index contributed by atoms with van der Waals surface area (Å²) in [7, 11) is 0. The van der Waals surface area contributed by atoms with Gasteiger partial charge in [-0.15, -0.1) is 0 Å². The first-order chi connectivity index (χ1) is 11.3. The maximum Gasteiger partial charge on any atom is 0.0796 e. The molecule has 3 aromatic rings. The summed E-state index contributed by atoms with van der Waals surface area (Å²) in [6, 6.07) is 29.5. The van der Waals surface area contributed by atoms with Crippen molar-refractivity contribution in [3.8, 4) is 0 Å². The fraction of sp³-hybridized carbons (Fsp3) is 0.143. The van der Waals surface area contributed by atoms with E-state index >= 15 is 0 Å². The molecule has 0 heterocycles. The molecule has 0 bridgehead atoms. The number of para-hydroxylation sites is 1. The van der Waals surface area contributed by atoms with E-state index in [2.05, 4.69) is 84.6 Å². The number of nitrogens with two attached hydrogens (primary N) is 1. The highest BCUT2D eigenvalue weighted by Crippen LogP contribution is 2.33. The Balaban J connectivity index is 2.11. The van der Waals surface area contributed by atoms with Gasteiger partial charge in [0.25, 0.3) is 0 Å². The van der Waals surface area contributed by atoms with Crippen LogP contribution in [0.25, 0.3) is 0 Å².